The van der Waals surface area contributed by atoms with Gasteiger partial charge in [-0.3, -0.25) is 4.90 Å². The lowest BCUT2D eigenvalue weighted by atomic mass is 10.0. The second-order valence-electron chi connectivity index (χ2n) is 4.99. The topological polar surface area (TPSA) is 24.5 Å². The maximum absolute atomic E-state index is 12.4. The molecule has 1 aliphatic heterocycles. The third kappa shape index (κ3) is 4.30. The predicted molar refractivity (Wildman–Crippen MR) is 75.4 cm³/mol. The van der Waals surface area contributed by atoms with Crippen LogP contribution in [0.2, 0.25) is 5.02 Å². The first kappa shape index (κ1) is 15.5. The monoisotopic (exact) mass is 304 g/mol. The zero-order valence-electron chi connectivity index (χ0n) is 11.4. The molecular formula is C14H19ClF2N2O. The molecule has 0 saturated carbocycles. The standard InChI is InChI=1S/C14H19ClF2N2O/c1-18-12-3-2-6-19(9-12)8-10-7-11(15)4-5-13(10)20-14(16)17/h4-5,7,12,14,18H,2-3,6,8-9H2,1H3. The number of hydrogen-bond donors (Lipinski definition) is 1. The van der Waals surface area contributed by atoms with Crippen molar-refractivity contribution in [3.63, 3.8) is 0 Å². The summed E-state index contributed by atoms with van der Waals surface area (Å²) in [4.78, 5) is 2.23. The SMILES string of the molecule is CNC1CCCN(Cc2cc(Cl)ccc2OC(F)F)C1. The highest BCUT2D eigenvalue weighted by atomic mass is 35.5. The Morgan fingerprint density at radius 2 is 2.30 bits per heavy atom. The summed E-state index contributed by atoms with van der Waals surface area (Å²) in [5.41, 5.74) is 0.703. The van der Waals surface area contributed by atoms with Crippen LogP contribution in [0, 0.1) is 0 Å². The second-order valence-corrected chi connectivity index (χ2v) is 5.43. The number of benzene rings is 1. The molecule has 1 aliphatic rings. The molecule has 1 aromatic carbocycles. The number of ether oxygens (including phenoxy) is 1. The van der Waals surface area contributed by atoms with Crippen LogP contribution < -0.4 is 10.1 Å². The van der Waals surface area contributed by atoms with Crippen LogP contribution in [0.25, 0.3) is 0 Å². The lowest BCUT2D eigenvalue weighted by Gasteiger charge is -2.32. The number of nitrogens with one attached hydrogen (secondary N) is 1. The fourth-order valence-electron chi connectivity index (χ4n) is 2.56. The maximum Gasteiger partial charge on any atom is 0.387 e. The van der Waals surface area contributed by atoms with E-state index in [-0.39, 0.29) is 5.75 Å². The van der Waals surface area contributed by atoms with Crippen LogP contribution in [0.4, 0.5) is 8.78 Å². The van der Waals surface area contributed by atoms with Crippen molar-refractivity contribution in [1.29, 1.82) is 0 Å². The van der Waals surface area contributed by atoms with E-state index in [1.807, 2.05) is 7.05 Å². The van der Waals surface area contributed by atoms with E-state index in [1.165, 1.54) is 6.07 Å². The van der Waals surface area contributed by atoms with Gasteiger partial charge in [-0.25, -0.2) is 0 Å². The first-order valence-corrected chi connectivity index (χ1v) is 7.09. The van der Waals surface area contributed by atoms with Gasteiger partial charge in [0.1, 0.15) is 5.75 Å². The van der Waals surface area contributed by atoms with Gasteiger partial charge in [0.15, 0.2) is 0 Å². The summed E-state index contributed by atoms with van der Waals surface area (Å²) in [6, 6.07) is 5.21. The van der Waals surface area contributed by atoms with E-state index < -0.39 is 6.61 Å². The largest absolute Gasteiger partial charge is 0.434 e. The third-order valence-electron chi connectivity index (χ3n) is 3.55. The van der Waals surface area contributed by atoms with E-state index in [9.17, 15) is 8.78 Å². The minimum Gasteiger partial charge on any atom is -0.434 e. The highest BCUT2D eigenvalue weighted by Crippen LogP contribution is 2.26. The molecule has 20 heavy (non-hydrogen) atoms. The molecule has 1 aromatic rings. The smallest absolute Gasteiger partial charge is 0.387 e. The van der Waals surface area contributed by atoms with Gasteiger partial charge in [0.25, 0.3) is 0 Å². The Kier molecular flexibility index (Phi) is 5.57. The van der Waals surface area contributed by atoms with Crippen molar-refractivity contribution in [2.75, 3.05) is 20.1 Å². The van der Waals surface area contributed by atoms with Gasteiger partial charge >= 0.3 is 6.61 Å². The van der Waals surface area contributed by atoms with Crippen LogP contribution >= 0.6 is 11.6 Å². The Morgan fingerprint density at radius 3 is 3.00 bits per heavy atom. The van der Waals surface area contributed by atoms with Crippen molar-refractivity contribution in [2.24, 2.45) is 0 Å². The van der Waals surface area contributed by atoms with Crippen molar-refractivity contribution in [2.45, 2.75) is 32.0 Å². The first-order valence-electron chi connectivity index (χ1n) is 6.71. The normalized spacial score (nSPS) is 20.4. The fourth-order valence-corrected chi connectivity index (χ4v) is 2.75. The van der Waals surface area contributed by atoms with E-state index in [0.717, 1.165) is 25.9 Å². The van der Waals surface area contributed by atoms with Crippen LogP contribution in [0.15, 0.2) is 18.2 Å². The third-order valence-corrected chi connectivity index (χ3v) is 3.78. The lowest BCUT2D eigenvalue weighted by Crippen LogP contribution is -2.43. The molecule has 112 valence electrons. The van der Waals surface area contributed by atoms with Crippen molar-refractivity contribution in [1.82, 2.24) is 10.2 Å². The summed E-state index contributed by atoms with van der Waals surface area (Å²) in [7, 11) is 1.94. The van der Waals surface area contributed by atoms with E-state index in [0.29, 0.717) is 23.2 Å². The highest BCUT2D eigenvalue weighted by molar-refractivity contribution is 6.30. The number of nitrogens with zero attached hydrogens (tertiary/aromatic N) is 1. The molecule has 1 saturated heterocycles. The Bertz CT molecular complexity index is 445. The van der Waals surface area contributed by atoms with Crippen LogP contribution in [0.5, 0.6) is 5.75 Å². The number of alkyl halides is 2. The molecule has 1 atom stereocenters. The zero-order chi connectivity index (χ0) is 14.5. The van der Waals surface area contributed by atoms with Gasteiger partial charge in [0.05, 0.1) is 0 Å². The summed E-state index contributed by atoms with van der Waals surface area (Å²) < 4.78 is 29.4. The summed E-state index contributed by atoms with van der Waals surface area (Å²) in [5, 5.41) is 3.79. The number of rotatable bonds is 5. The van der Waals surface area contributed by atoms with Gasteiger partial charge in [-0.15, -0.1) is 0 Å². The summed E-state index contributed by atoms with van der Waals surface area (Å²) >= 11 is 5.95. The molecule has 3 nitrogen and oxygen atoms in total. The number of likely N-dealkylation sites (tertiary alicyclic amines) is 1. The molecule has 0 aromatic heterocycles. The molecule has 0 aliphatic carbocycles. The minimum absolute atomic E-state index is 0.205. The summed E-state index contributed by atoms with van der Waals surface area (Å²) in [6.07, 6.45) is 2.24. The van der Waals surface area contributed by atoms with Crippen LogP contribution in [0.3, 0.4) is 0 Å². The van der Waals surface area contributed by atoms with E-state index >= 15 is 0 Å². The molecule has 0 radical (unpaired) electrons. The fraction of sp³-hybridized carbons (Fsp3) is 0.571. The first-order chi connectivity index (χ1) is 9.58. The van der Waals surface area contributed by atoms with Crippen molar-refractivity contribution in [3.05, 3.63) is 28.8 Å². The molecule has 1 heterocycles. The average Bonchev–Trinajstić information content (AvgIpc) is 2.42. The molecule has 0 spiro atoms. The van der Waals surface area contributed by atoms with Gasteiger partial charge < -0.3 is 10.1 Å². The molecule has 0 amide bonds. The Balaban J connectivity index is 2.08. The molecule has 6 heteroatoms. The molecule has 2 rings (SSSR count). The Labute approximate surface area is 122 Å². The molecule has 0 bridgehead atoms. The molecule has 1 unspecified atom stereocenters. The molecular weight excluding hydrogens is 286 g/mol. The van der Waals surface area contributed by atoms with Crippen LogP contribution in [0.1, 0.15) is 18.4 Å². The maximum atomic E-state index is 12.4. The highest BCUT2D eigenvalue weighted by Gasteiger charge is 2.20. The van der Waals surface area contributed by atoms with Gasteiger partial charge in [-0.1, -0.05) is 11.6 Å². The number of halogens is 3. The van der Waals surface area contributed by atoms with Gasteiger partial charge in [-0.2, -0.15) is 8.78 Å². The van der Waals surface area contributed by atoms with E-state index in [4.69, 9.17) is 11.6 Å². The van der Waals surface area contributed by atoms with Crippen LogP contribution in [-0.4, -0.2) is 37.7 Å². The average molecular weight is 305 g/mol. The van der Waals surface area contributed by atoms with Gasteiger partial charge in [-0.05, 0) is 44.6 Å². The van der Waals surface area contributed by atoms with E-state index in [2.05, 4.69) is 15.0 Å². The zero-order valence-corrected chi connectivity index (χ0v) is 12.2. The van der Waals surface area contributed by atoms with Crippen molar-refractivity contribution in [3.8, 4) is 5.75 Å². The number of hydrogen-bond acceptors (Lipinski definition) is 3. The Morgan fingerprint density at radius 1 is 1.50 bits per heavy atom. The van der Waals surface area contributed by atoms with Crippen molar-refractivity contribution < 1.29 is 13.5 Å². The van der Waals surface area contributed by atoms with Gasteiger partial charge in [0, 0.05) is 29.7 Å². The van der Waals surface area contributed by atoms with Crippen molar-refractivity contribution >= 4 is 11.6 Å². The number of likely N-dealkylation sites (N-methyl/N-ethyl adjacent to an activating group) is 1. The van der Waals surface area contributed by atoms with Gasteiger partial charge in [0.2, 0.25) is 0 Å². The minimum atomic E-state index is -2.82. The lowest BCUT2D eigenvalue weighted by molar-refractivity contribution is -0.0508. The quantitative estimate of drug-likeness (QED) is 0.904. The molecule has 1 N–H and O–H groups in total. The second kappa shape index (κ2) is 7.20. The predicted octanol–water partition coefficient (Wildman–Crippen LogP) is 3.13. The molecule has 1 fully saturated rings. The Hall–Kier alpha value is -0.910. The summed E-state index contributed by atoms with van der Waals surface area (Å²) in [5.74, 6) is 0.205. The van der Waals surface area contributed by atoms with E-state index in [1.54, 1.807) is 12.1 Å². The van der Waals surface area contributed by atoms with Crippen LogP contribution in [-0.2, 0) is 6.54 Å². The summed E-state index contributed by atoms with van der Waals surface area (Å²) in [6.45, 7) is -0.391. The number of piperidine rings is 1.